The Kier molecular flexibility index (Phi) is 27.0. The molecule has 474 valence electrons. The number of epoxide rings is 1. The molecule has 0 spiro atoms. The normalized spacial score (nSPS) is 20.2. The molecule has 0 saturated carbocycles. The van der Waals surface area contributed by atoms with Crippen LogP contribution in [-0.2, 0) is 81.7 Å². The zero-order chi connectivity index (χ0) is 64.0. The molecular formula is C63H84ClN7O16. The second kappa shape index (κ2) is 33.7. The third kappa shape index (κ3) is 23.3. The van der Waals surface area contributed by atoms with Gasteiger partial charge >= 0.3 is 24.0 Å². The number of carbonyl (C=O) groups is 10. The van der Waals surface area contributed by atoms with Crippen LogP contribution < -0.4 is 42.0 Å². The lowest BCUT2D eigenvalue weighted by atomic mass is 9.92. The van der Waals surface area contributed by atoms with Crippen molar-refractivity contribution in [2.75, 3.05) is 25.5 Å². The monoisotopic (exact) mass is 1230 g/mol. The first-order valence-electron chi connectivity index (χ1n) is 29.3. The number of rotatable bonds is 27. The highest BCUT2D eigenvalue weighted by Crippen LogP contribution is 2.45. The van der Waals surface area contributed by atoms with E-state index in [1.54, 1.807) is 76.2 Å². The minimum atomic E-state index is -1.28. The number of aliphatic carboxylic acids is 1. The number of esters is 2. The molecule has 3 aromatic rings. The van der Waals surface area contributed by atoms with Crippen LogP contribution in [0.3, 0.4) is 0 Å². The van der Waals surface area contributed by atoms with Crippen molar-refractivity contribution in [3.05, 3.63) is 106 Å². The summed E-state index contributed by atoms with van der Waals surface area (Å²) >= 11 is 6.38. The Morgan fingerprint density at radius 3 is 2.16 bits per heavy atom. The van der Waals surface area contributed by atoms with Crippen LogP contribution in [0.4, 0.5) is 10.5 Å². The molecule has 3 aromatic carbocycles. The lowest BCUT2D eigenvalue weighted by Crippen LogP contribution is -2.54. The molecule has 87 heavy (non-hydrogen) atoms. The molecule has 7 amide bonds. The summed E-state index contributed by atoms with van der Waals surface area (Å²) < 4.78 is 28.9. The van der Waals surface area contributed by atoms with Crippen molar-refractivity contribution >= 4 is 76.7 Å². The van der Waals surface area contributed by atoms with E-state index in [4.69, 9.17) is 40.4 Å². The lowest BCUT2D eigenvalue weighted by molar-refractivity contribution is -0.179. The maximum absolute atomic E-state index is 14.0. The standard InChI is InChI=1S/C63H84ClN7O16/c1-36(2)30-50-60(80)85-48(15-12-16-51(73)69-47(32-42-23-28-49(83-9)45(64)31-42)57(77)67-35-63(7,8)61(81)86-50)38(5)55-56(87-55)43-24-19-40(20-25-43)33-66-62(82)84-34-41-21-26-44(27-22-41)68-58(78)46(14-10-11-29-65-39(6)72)70-59(79)54(37(3)4)71-52(74)17-13-18-53(75)76/h12,16,19-28,31,36-38,46-48,50,54-56H,10-11,13-15,17-18,29-30,32-35H2,1-9H3,(H,65,72)(H,66,82)(H,67,77)(H,68,78)(H,69,73)(H,70,79)(H,71,74)(H,75,76)/b16-12+/t38-,46-,47+,48-,50-,54-,55+,56+/m0/s1. The van der Waals surface area contributed by atoms with Gasteiger partial charge in [-0.3, -0.25) is 38.4 Å². The Morgan fingerprint density at radius 1 is 0.828 bits per heavy atom. The Balaban J connectivity index is 1.16. The summed E-state index contributed by atoms with van der Waals surface area (Å²) in [4.78, 5) is 130. The van der Waals surface area contributed by atoms with Crippen LogP contribution in [0, 0.1) is 23.2 Å². The summed E-state index contributed by atoms with van der Waals surface area (Å²) in [6.07, 6.45) is 0.640. The van der Waals surface area contributed by atoms with E-state index in [1.807, 2.05) is 45.0 Å². The topological polar surface area (TPSA) is 325 Å². The Bertz CT molecular complexity index is 2920. The number of halogens is 1. The van der Waals surface area contributed by atoms with Crippen LogP contribution in [-0.4, -0.2) is 121 Å². The molecule has 8 atom stereocenters. The van der Waals surface area contributed by atoms with Crippen molar-refractivity contribution in [3.8, 4) is 5.75 Å². The fraction of sp³-hybridized carbons (Fsp3) is 0.524. The predicted molar refractivity (Wildman–Crippen MR) is 321 cm³/mol. The summed E-state index contributed by atoms with van der Waals surface area (Å²) in [6, 6.07) is 15.9. The largest absolute Gasteiger partial charge is 0.495 e. The molecule has 8 N–H and O–H groups in total. The van der Waals surface area contributed by atoms with Crippen LogP contribution in [0.25, 0.3) is 0 Å². The third-order valence-electron chi connectivity index (χ3n) is 14.6. The Hall–Kier alpha value is -8.05. The highest BCUT2D eigenvalue weighted by molar-refractivity contribution is 6.32. The summed E-state index contributed by atoms with van der Waals surface area (Å²) in [5.41, 5.74) is 1.97. The van der Waals surface area contributed by atoms with Gasteiger partial charge in [0, 0.05) is 63.8 Å². The van der Waals surface area contributed by atoms with E-state index < -0.39 is 101 Å². The van der Waals surface area contributed by atoms with Crippen LogP contribution in [0.5, 0.6) is 5.75 Å². The van der Waals surface area contributed by atoms with Crippen molar-refractivity contribution < 1.29 is 76.7 Å². The summed E-state index contributed by atoms with van der Waals surface area (Å²) in [6.45, 7) is 13.9. The number of carboxylic acid groups (broad SMARTS) is 1. The van der Waals surface area contributed by atoms with Gasteiger partial charge in [0.2, 0.25) is 35.4 Å². The second-order valence-corrected chi connectivity index (χ2v) is 23.7. The summed E-state index contributed by atoms with van der Waals surface area (Å²) in [5, 5.41) is 28.5. The van der Waals surface area contributed by atoms with Crippen LogP contribution >= 0.6 is 11.6 Å². The molecule has 0 bridgehead atoms. The molecule has 0 aromatic heterocycles. The average Bonchev–Trinajstić information content (AvgIpc) is 1.71. The number of carbonyl (C=O) groups excluding carboxylic acids is 9. The van der Waals surface area contributed by atoms with Gasteiger partial charge in [-0.2, -0.15) is 0 Å². The first-order valence-corrected chi connectivity index (χ1v) is 29.7. The van der Waals surface area contributed by atoms with Crippen molar-refractivity contribution in [1.82, 2.24) is 31.9 Å². The van der Waals surface area contributed by atoms with E-state index in [-0.39, 0.29) is 88.5 Å². The fourth-order valence-electron chi connectivity index (χ4n) is 9.38. The van der Waals surface area contributed by atoms with Crippen LogP contribution in [0.1, 0.15) is 135 Å². The van der Waals surface area contributed by atoms with Crippen molar-refractivity contribution in [3.63, 3.8) is 0 Å². The number of nitrogens with one attached hydrogen (secondary N) is 7. The maximum Gasteiger partial charge on any atom is 0.407 e. The van der Waals surface area contributed by atoms with E-state index in [0.29, 0.717) is 47.0 Å². The van der Waals surface area contributed by atoms with Crippen LogP contribution in [0.2, 0.25) is 5.02 Å². The molecule has 1 fully saturated rings. The predicted octanol–water partition coefficient (Wildman–Crippen LogP) is 6.68. The Labute approximate surface area is 512 Å². The average molecular weight is 1230 g/mol. The van der Waals surface area contributed by atoms with Crippen LogP contribution in [0.15, 0.2) is 78.9 Å². The van der Waals surface area contributed by atoms with Crippen molar-refractivity contribution in [2.45, 2.75) is 169 Å². The number of unbranched alkanes of at least 4 members (excludes halogenated alkanes) is 1. The van der Waals surface area contributed by atoms with Gasteiger partial charge in [0.25, 0.3) is 0 Å². The maximum atomic E-state index is 14.0. The molecule has 2 aliphatic rings. The lowest BCUT2D eigenvalue weighted by Gasteiger charge is -2.29. The molecule has 0 radical (unpaired) electrons. The molecule has 0 unspecified atom stereocenters. The number of hydrogen-bond donors (Lipinski definition) is 8. The number of hydrogen-bond acceptors (Lipinski definition) is 15. The van der Waals surface area contributed by atoms with Gasteiger partial charge in [0.05, 0.1) is 23.7 Å². The summed E-state index contributed by atoms with van der Waals surface area (Å²) in [7, 11) is 1.48. The molecule has 24 heteroatoms. The molecule has 2 heterocycles. The van der Waals surface area contributed by atoms with E-state index in [0.717, 1.165) is 11.1 Å². The molecule has 0 aliphatic carbocycles. The number of methoxy groups -OCH3 is 1. The minimum Gasteiger partial charge on any atom is -0.495 e. The molecule has 1 saturated heterocycles. The molecule has 23 nitrogen and oxygen atoms in total. The van der Waals surface area contributed by atoms with Gasteiger partial charge in [-0.1, -0.05) is 94.8 Å². The van der Waals surface area contributed by atoms with E-state index in [9.17, 15) is 47.9 Å². The first kappa shape index (κ1) is 69.7. The first-order chi connectivity index (χ1) is 41.2. The van der Waals surface area contributed by atoms with Gasteiger partial charge in [-0.05, 0) is 110 Å². The number of carboxylic acids is 1. The number of ether oxygens (including phenoxy) is 5. The van der Waals surface area contributed by atoms with Gasteiger partial charge in [-0.15, -0.1) is 0 Å². The molecule has 2 aliphatic heterocycles. The van der Waals surface area contributed by atoms with Gasteiger partial charge in [0.1, 0.15) is 42.7 Å². The number of benzene rings is 3. The van der Waals surface area contributed by atoms with Gasteiger partial charge < -0.3 is 66.0 Å². The fourth-order valence-corrected chi connectivity index (χ4v) is 9.66. The quantitative estimate of drug-likeness (QED) is 0.0171. The van der Waals surface area contributed by atoms with E-state index in [1.165, 1.54) is 20.1 Å². The third-order valence-corrected chi connectivity index (χ3v) is 14.9. The number of amides is 7. The summed E-state index contributed by atoms with van der Waals surface area (Å²) in [5.74, 6) is -5.83. The molecule has 5 rings (SSSR count). The SMILES string of the molecule is COc1ccc(C[C@H]2NC(=O)/C=C/C[C@@H]([C@H](C)[C@H]3O[C@@H]3c3ccc(CNC(=O)OCc4ccc(NC(=O)[C@H](CCCCNC(C)=O)NC(=O)[C@@H](NC(=O)CCCC(=O)O)C(C)C)cc4)cc3)OC(=O)[C@H](CC(C)C)OC(=O)C(C)(C)CNC2=O)cc1Cl. The second-order valence-electron chi connectivity index (χ2n) is 23.3. The highest BCUT2D eigenvalue weighted by atomic mass is 35.5. The number of cyclic esters (lactones) is 2. The number of alkyl carbamates (subject to hydrolysis) is 1. The zero-order valence-corrected chi connectivity index (χ0v) is 51.7. The smallest absolute Gasteiger partial charge is 0.407 e. The molecular weight excluding hydrogens is 1150 g/mol. The van der Waals surface area contributed by atoms with E-state index in [2.05, 4.69) is 37.2 Å². The van der Waals surface area contributed by atoms with Gasteiger partial charge in [-0.25, -0.2) is 9.59 Å². The number of anilines is 1. The Morgan fingerprint density at radius 2 is 1.52 bits per heavy atom. The van der Waals surface area contributed by atoms with E-state index >= 15 is 0 Å². The zero-order valence-electron chi connectivity index (χ0n) is 50.9. The van der Waals surface area contributed by atoms with Gasteiger partial charge in [0.15, 0.2) is 6.10 Å². The highest BCUT2D eigenvalue weighted by Gasteiger charge is 2.48. The van der Waals surface area contributed by atoms with Crippen molar-refractivity contribution in [1.29, 1.82) is 0 Å². The minimum absolute atomic E-state index is 0.0664. The van der Waals surface area contributed by atoms with Crippen molar-refractivity contribution in [2.24, 2.45) is 23.2 Å².